The van der Waals surface area contributed by atoms with Crippen LogP contribution >= 0.6 is 11.3 Å². The van der Waals surface area contributed by atoms with Gasteiger partial charge in [0.2, 0.25) is 0 Å². The molecule has 0 N–H and O–H groups in total. The van der Waals surface area contributed by atoms with E-state index in [-0.39, 0.29) is 0 Å². The molecule has 86 valence electrons. The summed E-state index contributed by atoms with van der Waals surface area (Å²) in [5.41, 5.74) is 4.60. The first-order chi connectivity index (χ1) is 8.29. The van der Waals surface area contributed by atoms with Crippen molar-refractivity contribution in [2.75, 3.05) is 0 Å². The second-order valence-corrected chi connectivity index (χ2v) is 6.16. The van der Waals surface area contributed by atoms with Gasteiger partial charge < -0.3 is 0 Å². The van der Waals surface area contributed by atoms with Crippen molar-refractivity contribution in [3.63, 3.8) is 0 Å². The Labute approximate surface area is 106 Å². The maximum Gasteiger partial charge on any atom is 0.0712 e. The van der Waals surface area contributed by atoms with Gasteiger partial charge in [-0.3, -0.25) is 4.90 Å². The highest BCUT2D eigenvalue weighted by Gasteiger charge is 2.49. The molecule has 0 spiro atoms. The Morgan fingerprint density at radius 1 is 1.00 bits per heavy atom. The van der Waals surface area contributed by atoms with E-state index in [1.54, 1.807) is 10.4 Å². The average molecular weight is 241 g/mol. The summed E-state index contributed by atoms with van der Waals surface area (Å²) in [5.74, 6) is 0. The summed E-state index contributed by atoms with van der Waals surface area (Å²) < 4.78 is 0. The van der Waals surface area contributed by atoms with Crippen molar-refractivity contribution >= 4 is 11.3 Å². The third kappa shape index (κ3) is 1.08. The molecule has 0 saturated heterocycles. The van der Waals surface area contributed by atoms with Crippen molar-refractivity contribution < 1.29 is 0 Å². The fourth-order valence-electron chi connectivity index (χ4n) is 3.46. The number of nitrogens with zero attached hydrogens (tertiary/aromatic N) is 1. The molecule has 17 heavy (non-hydrogen) atoms. The van der Waals surface area contributed by atoms with E-state index in [0.29, 0.717) is 18.1 Å². The molecule has 2 aliphatic heterocycles. The molecule has 0 saturated carbocycles. The quantitative estimate of drug-likeness (QED) is 0.730. The average Bonchev–Trinajstić information content (AvgIpc) is 2.97. The van der Waals surface area contributed by atoms with Crippen molar-refractivity contribution in [1.29, 1.82) is 0 Å². The minimum absolute atomic E-state index is 0.512. The van der Waals surface area contributed by atoms with Crippen LogP contribution in [0.4, 0.5) is 0 Å². The van der Waals surface area contributed by atoms with Crippen LogP contribution in [0.15, 0.2) is 35.7 Å². The zero-order valence-electron chi connectivity index (χ0n) is 10.1. The fraction of sp³-hybridized carbons (Fsp3) is 0.333. The lowest BCUT2D eigenvalue weighted by Crippen LogP contribution is -2.28. The van der Waals surface area contributed by atoms with Crippen LogP contribution in [0.1, 0.15) is 47.5 Å². The topological polar surface area (TPSA) is 3.24 Å². The Morgan fingerprint density at radius 3 is 2.41 bits per heavy atom. The minimum atomic E-state index is 0.512. The van der Waals surface area contributed by atoms with Gasteiger partial charge in [0.25, 0.3) is 0 Å². The third-order valence-electron chi connectivity index (χ3n) is 4.05. The van der Waals surface area contributed by atoms with Gasteiger partial charge in [-0.2, -0.15) is 0 Å². The van der Waals surface area contributed by atoms with Crippen LogP contribution in [-0.2, 0) is 0 Å². The van der Waals surface area contributed by atoms with Crippen molar-refractivity contribution in [3.05, 3.63) is 57.3 Å². The van der Waals surface area contributed by atoms with Gasteiger partial charge in [0.1, 0.15) is 0 Å². The van der Waals surface area contributed by atoms with Crippen LogP contribution < -0.4 is 0 Å². The van der Waals surface area contributed by atoms with Crippen molar-refractivity contribution in [3.8, 4) is 0 Å². The first kappa shape index (κ1) is 9.86. The minimum Gasteiger partial charge on any atom is -0.278 e. The Balaban J connectivity index is 1.98. The molecule has 0 fully saturated rings. The van der Waals surface area contributed by atoms with Gasteiger partial charge in [0.15, 0.2) is 0 Å². The standard InChI is InChI=1S/C15H15NS/c1-9(2)16-13-10-5-3-4-6-11(10)14(16)15-12(13)7-8-17-15/h3-9,13-14H,1-2H3. The van der Waals surface area contributed by atoms with E-state index in [4.69, 9.17) is 0 Å². The van der Waals surface area contributed by atoms with Crippen LogP contribution in [0.5, 0.6) is 0 Å². The van der Waals surface area contributed by atoms with Crippen molar-refractivity contribution in [2.24, 2.45) is 0 Å². The summed E-state index contributed by atoms with van der Waals surface area (Å²) in [6.45, 7) is 4.62. The molecular weight excluding hydrogens is 226 g/mol. The van der Waals surface area contributed by atoms with Crippen LogP contribution in [0.3, 0.4) is 0 Å². The predicted octanol–water partition coefficient (Wildman–Crippen LogP) is 3.96. The number of hydrogen-bond donors (Lipinski definition) is 0. The van der Waals surface area contributed by atoms with E-state index in [9.17, 15) is 0 Å². The van der Waals surface area contributed by atoms with E-state index in [1.807, 2.05) is 11.3 Å². The van der Waals surface area contributed by atoms with Gasteiger partial charge >= 0.3 is 0 Å². The third-order valence-corrected chi connectivity index (χ3v) is 5.03. The van der Waals surface area contributed by atoms with E-state index >= 15 is 0 Å². The Morgan fingerprint density at radius 2 is 1.71 bits per heavy atom. The molecule has 3 heterocycles. The Bertz CT molecular complexity index is 539. The van der Waals surface area contributed by atoms with Gasteiger partial charge in [-0.05, 0) is 42.0 Å². The lowest BCUT2D eigenvalue weighted by Gasteiger charge is -2.26. The SMILES string of the molecule is CC(C)N1C2c3ccccc3C1c1sccc12. The molecule has 2 aromatic rings. The second kappa shape index (κ2) is 3.21. The Kier molecular flexibility index (Phi) is 1.86. The van der Waals surface area contributed by atoms with Gasteiger partial charge in [-0.15, -0.1) is 11.3 Å². The zero-order chi connectivity index (χ0) is 11.6. The molecule has 2 unspecified atom stereocenters. The predicted molar refractivity (Wildman–Crippen MR) is 71.4 cm³/mol. The summed E-state index contributed by atoms with van der Waals surface area (Å²) in [6.07, 6.45) is 0. The van der Waals surface area contributed by atoms with Gasteiger partial charge in [0, 0.05) is 10.9 Å². The van der Waals surface area contributed by atoms with E-state index in [0.717, 1.165) is 0 Å². The van der Waals surface area contributed by atoms with Crippen LogP contribution in [-0.4, -0.2) is 10.9 Å². The van der Waals surface area contributed by atoms with Crippen LogP contribution in [0.25, 0.3) is 0 Å². The molecule has 4 rings (SSSR count). The van der Waals surface area contributed by atoms with E-state index in [2.05, 4.69) is 54.5 Å². The Hall–Kier alpha value is -1.12. The molecule has 1 aromatic heterocycles. The normalized spacial score (nSPS) is 25.4. The molecule has 0 radical (unpaired) electrons. The highest BCUT2D eigenvalue weighted by Crippen LogP contribution is 2.58. The monoisotopic (exact) mass is 241 g/mol. The summed E-state index contributed by atoms with van der Waals surface area (Å²) >= 11 is 1.92. The summed E-state index contributed by atoms with van der Waals surface area (Å²) in [7, 11) is 0. The molecule has 2 bridgehead atoms. The lowest BCUT2D eigenvalue weighted by molar-refractivity contribution is 0.187. The fourth-order valence-corrected chi connectivity index (χ4v) is 4.51. The zero-order valence-corrected chi connectivity index (χ0v) is 10.9. The number of thiophene rings is 1. The highest BCUT2D eigenvalue weighted by atomic mass is 32.1. The van der Waals surface area contributed by atoms with Gasteiger partial charge in [-0.1, -0.05) is 24.3 Å². The van der Waals surface area contributed by atoms with Crippen LogP contribution in [0, 0.1) is 0 Å². The number of rotatable bonds is 1. The largest absolute Gasteiger partial charge is 0.278 e. The lowest BCUT2D eigenvalue weighted by atomic mass is 9.91. The smallest absolute Gasteiger partial charge is 0.0712 e. The molecule has 1 aromatic carbocycles. The molecule has 2 heteroatoms. The summed E-state index contributed by atoms with van der Waals surface area (Å²) in [6, 6.07) is 12.9. The molecule has 0 amide bonds. The van der Waals surface area contributed by atoms with Crippen LogP contribution in [0.2, 0.25) is 0 Å². The number of benzene rings is 1. The molecule has 2 atom stereocenters. The number of hydrogen-bond acceptors (Lipinski definition) is 2. The highest BCUT2D eigenvalue weighted by molar-refractivity contribution is 7.10. The number of fused-ring (bicyclic) bond motifs is 8. The molecule has 2 aliphatic rings. The van der Waals surface area contributed by atoms with Crippen molar-refractivity contribution in [2.45, 2.75) is 32.0 Å². The first-order valence-corrected chi connectivity index (χ1v) is 7.10. The maximum absolute atomic E-state index is 2.66. The molecule has 1 nitrogen and oxygen atoms in total. The first-order valence-electron chi connectivity index (χ1n) is 6.22. The van der Waals surface area contributed by atoms with Gasteiger partial charge in [0.05, 0.1) is 12.1 Å². The van der Waals surface area contributed by atoms with Crippen molar-refractivity contribution in [1.82, 2.24) is 4.90 Å². The summed E-state index contributed by atoms with van der Waals surface area (Å²) in [4.78, 5) is 4.23. The maximum atomic E-state index is 2.66. The van der Waals surface area contributed by atoms with E-state index in [1.165, 1.54) is 11.1 Å². The van der Waals surface area contributed by atoms with Gasteiger partial charge in [-0.25, -0.2) is 0 Å². The second-order valence-electron chi connectivity index (χ2n) is 5.22. The summed E-state index contributed by atoms with van der Waals surface area (Å²) in [5, 5.41) is 2.24. The molecule has 0 aliphatic carbocycles. The molecular formula is C15H15NS. The van der Waals surface area contributed by atoms with E-state index < -0.39 is 0 Å².